The fraction of sp³-hybridized carbons (Fsp3) is 1.00. The molecule has 0 saturated heterocycles. The third-order valence-electron chi connectivity index (χ3n) is 4.96. The van der Waals surface area contributed by atoms with Crippen LogP contribution in [0, 0.1) is 11.8 Å². The molecule has 2 heteroatoms. The minimum atomic E-state index is 0.243. The van der Waals surface area contributed by atoms with Crippen LogP contribution in [-0.4, -0.2) is 18.1 Å². The summed E-state index contributed by atoms with van der Waals surface area (Å²) in [7, 11) is 0. The van der Waals surface area contributed by atoms with E-state index in [0.717, 1.165) is 24.4 Å². The van der Waals surface area contributed by atoms with Crippen LogP contribution in [0.15, 0.2) is 0 Å². The van der Waals surface area contributed by atoms with Gasteiger partial charge in [-0.25, -0.2) is 0 Å². The summed E-state index contributed by atoms with van der Waals surface area (Å²) in [5.41, 5.74) is 6.35. The molecule has 0 aromatic heterocycles. The van der Waals surface area contributed by atoms with Crippen LogP contribution in [-0.2, 0) is 0 Å². The molecule has 16 heavy (non-hydrogen) atoms. The summed E-state index contributed by atoms with van der Waals surface area (Å²) in [6.45, 7) is 5.59. The van der Waals surface area contributed by atoms with Gasteiger partial charge in [-0.1, -0.05) is 33.1 Å². The van der Waals surface area contributed by atoms with Gasteiger partial charge in [0.05, 0.1) is 0 Å². The van der Waals surface area contributed by atoms with E-state index in [-0.39, 0.29) is 5.54 Å². The molecular weight excluding hydrogens is 196 g/mol. The molecule has 3 unspecified atom stereocenters. The standard InChI is InChI=1S/C14H28N2/c1-11-7-8-12(2)14(9-11,10-15)16-13-5-3-4-6-13/h11-13,16H,3-10,15H2,1-2H3. The van der Waals surface area contributed by atoms with Gasteiger partial charge in [-0.05, 0) is 37.5 Å². The third kappa shape index (κ3) is 2.43. The van der Waals surface area contributed by atoms with E-state index in [4.69, 9.17) is 5.73 Å². The molecule has 3 atom stereocenters. The number of nitrogens with one attached hydrogen (secondary N) is 1. The highest BCUT2D eigenvalue weighted by atomic mass is 15.0. The predicted molar refractivity (Wildman–Crippen MR) is 69.4 cm³/mol. The van der Waals surface area contributed by atoms with Crippen molar-refractivity contribution in [2.75, 3.05) is 6.54 Å². The van der Waals surface area contributed by atoms with Gasteiger partial charge < -0.3 is 11.1 Å². The lowest BCUT2D eigenvalue weighted by molar-refractivity contribution is 0.113. The lowest BCUT2D eigenvalue weighted by Crippen LogP contribution is -2.60. The Hall–Kier alpha value is -0.0800. The van der Waals surface area contributed by atoms with E-state index in [0.29, 0.717) is 0 Å². The van der Waals surface area contributed by atoms with Crippen LogP contribution in [0.2, 0.25) is 0 Å². The molecule has 0 amide bonds. The highest BCUT2D eigenvalue weighted by Crippen LogP contribution is 2.37. The second-order valence-electron chi connectivity index (χ2n) is 6.27. The average molecular weight is 224 g/mol. The van der Waals surface area contributed by atoms with Gasteiger partial charge in [0.25, 0.3) is 0 Å². The van der Waals surface area contributed by atoms with Crippen molar-refractivity contribution in [3.63, 3.8) is 0 Å². The molecule has 0 radical (unpaired) electrons. The van der Waals surface area contributed by atoms with E-state index < -0.39 is 0 Å². The first kappa shape index (κ1) is 12.4. The van der Waals surface area contributed by atoms with Crippen LogP contribution in [0.3, 0.4) is 0 Å². The summed E-state index contributed by atoms with van der Waals surface area (Å²) in [5.74, 6) is 1.59. The molecule has 2 aliphatic carbocycles. The molecule has 0 spiro atoms. The summed E-state index contributed by atoms with van der Waals surface area (Å²) in [6, 6.07) is 0.747. The highest BCUT2D eigenvalue weighted by Gasteiger charge is 2.40. The molecule has 2 fully saturated rings. The Kier molecular flexibility index (Phi) is 3.91. The second kappa shape index (κ2) is 5.05. The molecule has 2 aliphatic rings. The molecule has 0 heterocycles. The van der Waals surface area contributed by atoms with Crippen molar-refractivity contribution >= 4 is 0 Å². The van der Waals surface area contributed by atoms with Crippen molar-refractivity contribution in [1.29, 1.82) is 0 Å². The van der Waals surface area contributed by atoms with Crippen LogP contribution in [0.5, 0.6) is 0 Å². The first-order chi connectivity index (χ1) is 7.66. The third-order valence-corrected chi connectivity index (χ3v) is 4.96. The minimum absolute atomic E-state index is 0.243. The monoisotopic (exact) mass is 224 g/mol. The molecule has 94 valence electrons. The number of hydrogen-bond acceptors (Lipinski definition) is 2. The Morgan fingerprint density at radius 2 is 1.81 bits per heavy atom. The van der Waals surface area contributed by atoms with Crippen molar-refractivity contribution < 1.29 is 0 Å². The van der Waals surface area contributed by atoms with E-state index in [2.05, 4.69) is 19.2 Å². The second-order valence-corrected chi connectivity index (χ2v) is 6.27. The molecule has 0 aromatic carbocycles. The van der Waals surface area contributed by atoms with Gasteiger partial charge in [0.15, 0.2) is 0 Å². The Bertz CT molecular complexity index is 223. The van der Waals surface area contributed by atoms with Gasteiger partial charge >= 0.3 is 0 Å². The van der Waals surface area contributed by atoms with Gasteiger partial charge in [-0.3, -0.25) is 0 Å². The summed E-state index contributed by atoms with van der Waals surface area (Å²) in [6.07, 6.45) is 9.55. The zero-order valence-electron chi connectivity index (χ0n) is 11.0. The lowest BCUT2D eigenvalue weighted by Gasteiger charge is -2.47. The summed E-state index contributed by atoms with van der Waals surface area (Å²) < 4.78 is 0. The van der Waals surface area contributed by atoms with Crippen LogP contribution >= 0.6 is 0 Å². The fourth-order valence-corrected chi connectivity index (χ4v) is 3.76. The van der Waals surface area contributed by atoms with Gasteiger partial charge in [0, 0.05) is 18.1 Å². The summed E-state index contributed by atoms with van der Waals surface area (Å²) >= 11 is 0. The van der Waals surface area contributed by atoms with E-state index in [1.54, 1.807) is 0 Å². The number of nitrogens with two attached hydrogens (primary N) is 1. The van der Waals surface area contributed by atoms with Crippen molar-refractivity contribution in [2.24, 2.45) is 17.6 Å². The number of rotatable bonds is 3. The van der Waals surface area contributed by atoms with Crippen molar-refractivity contribution in [2.45, 2.75) is 70.4 Å². The first-order valence-electron chi connectivity index (χ1n) is 7.14. The molecular formula is C14H28N2. The summed E-state index contributed by atoms with van der Waals surface area (Å²) in [5, 5.41) is 3.94. The van der Waals surface area contributed by atoms with E-state index in [9.17, 15) is 0 Å². The maximum Gasteiger partial charge on any atom is 0.0334 e. The lowest BCUT2D eigenvalue weighted by atomic mass is 9.69. The molecule has 2 nitrogen and oxygen atoms in total. The molecule has 2 rings (SSSR count). The molecule has 2 saturated carbocycles. The molecule has 0 bridgehead atoms. The Labute approximate surface area is 100 Å². The average Bonchev–Trinajstić information content (AvgIpc) is 2.76. The molecule has 3 N–H and O–H groups in total. The number of hydrogen-bond donors (Lipinski definition) is 2. The SMILES string of the molecule is CC1CCC(C)C(CN)(NC2CCCC2)C1. The fourth-order valence-electron chi connectivity index (χ4n) is 3.76. The van der Waals surface area contributed by atoms with E-state index in [1.165, 1.54) is 44.9 Å². The van der Waals surface area contributed by atoms with E-state index in [1.807, 2.05) is 0 Å². The smallest absolute Gasteiger partial charge is 0.0334 e. The van der Waals surface area contributed by atoms with Gasteiger partial charge in [-0.2, -0.15) is 0 Å². The maximum atomic E-state index is 6.11. The van der Waals surface area contributed by atoms with Crippen LogP contribution in [0.25, 0.3) is 0 Å². The zero-order chi connectivity index (χ0) is 11.6. The van der Waals surface area contributed by atoms with Crippen LogP contribution in [0.1, 0.15) is 58.8 Å². The Morgan fingerprint density at radius 1 is 1.12 bits per heavy atom. The highest BCUT2D eigenvalue weighted by molar-refractivity contribution is 5.00. The molecule has 0 aliphatic heterocycles. The normalized spacial score (nSPS) is 41.4. The summed E-state index contributed by atoms with van der Waals surface area (Å²) in [4.78, 5) is 0. The zero-order valence-corrected chi connectivity index (χ0v) is 11.0. The van der Waals surface area contributed by atoms with Gasteiger partial charge in [-0.15, -0.1) is 0 Å². The minimum Gasteiger partial charge on any atom is -0.329 e. The largest absolute Gasteiger partial charge is 0.329 e. The van der Waals surface area contributed by atoms with Gasteiger partial charge in [0.1, 0.15) is 0 Å². The Balaban J connectivity index is 2.03. The van der Waals surface area contributed by atoms with Gasteiger partial charge in [0.2, 0.25) is 0 Å². The topological polar surface area (TPSA) is 38.0 Å². The van der Waals surface area contributed by atoms with Crippen LogP contribution < -0.4 is 11.1 Å². The van der Waals surface area contributed by atoms with E-state index >= 15 is 0 Å². The van der Waals surface area contributed by atoms with Crippen molar-refractivity contribution in [3.8, 4) is 0 Å². The Morgan fingerprint density at radius 3 is 2.44 bits per heavy atom. The molecule has 0 aromatic rings. The van der Waals surface area contributed by atoms with Crippen LogP contribution in [0.4, 0.5) is 0 Å². The maximum absolute atomic E-state index is 6.11. The predicted octanol–water partition coefficient (Wildman–Crippen LogP) is 2.67. The van der Waals surface area contributed by atoms with Crippen molar-refractivity contribution in [3.05, 3.63) is 0 Å². The quantitative estimate of drug-likeness (QED) is 0.773. The van der Waals surface area contributed by atoms with Crippen molar-refractivity contribution in [1.82, 2.24) is 5.32 Å². The first-order valence-corrected chi connectivity index (χ1v) is 7.14.